The molecule has 0 aliphatic rings. The number of carbonyl (C=O) groups excluding carboxylic acids is 1. The number of nitrogens with zero attached hydrogens (tertiary/aromatic N) is 1. The van der Waals surface area contributed by atoms with E-state index in [2.05, 4.69) is 0 Å². The quantitative estimate of drug-likeness (QED) is 0.785. The summed E-state index contributed by atoms with van der Waals surface area (Å²) < 4.78 is 0. The highest BCUT2D eigenvalue weighted by Gasteiger charge is 2.10. The molecule has 2 N–H and O–H groups in total. The van der Waals surface area contributed by atoms with Crippen LogP contribution in [0.15, 0.2) is 24.3 Å². The number of amides is 1. The van der Waals surface area contributed by atoms with Crippen LogP contribution in [-0.2, 0) is 10.5 Å². The van der Waals surface area contributed by atoms with Gasteiger partial charge in [-0.2, -0.15) is 0 Å². The van der Waals surface area contributed by atoms with Crippen LogP contribution in [0.1, 0.15) is 25.0 Å². The van der Waals surface area contributed by atoms with Crippen molar-refractivity contribution in [2.24, 2.45) is 5.73 Å². The maximum atomic E-state index is 11.9. The van der Waals surface area contributed by atoms with Gasteiger partial charge in [0.15, 0.2) is 0 Å². The van der Waals surface area contributed by atoms with Crippen molar-refractivity contribution in [1.29, 1.82) is 0 Å². The molecule has 5 heteroatoms. The summed E-state index contributed by atoms with van der Waals surface area (Å²) in [5, 5.41) is 0. The predicted molar refractivity (Wildman–Crippen MR) is 86.4 cm³/mol. The van der Waals surface area contributed by atoms with Crippen LogP contribution in [0, 0.1) is 0 Å². The average molecular weight is 296 g/mol. The summed E-state index contributed by atoms with van der Waals surface area (Å²) in [6, 6.07) is 7.81. The van der Waals surface area contributed by atoms with Crippen LogP contribution in [0.2, 0.25) is 0 Å². The van der Waals surface area contributed by atoms with Crippen LogP contribution in [0.3, 0.4) is 0 Å². The van der Waals surface area contributed by atoms with Crippen molar-refractivity contribution in [3.05, 3.63) is 35.4 Å². The van der Waals surface area contributed by atoms with E-state index >= 15 is 0 Å². The van der Waals surface area contributed by atoms with Gasteiger partial charge in [0.2, 0.25) is 5.91 Å². The van der Waals surface area contributed by atoms with E-state index in [1.165, 1.54) is 0 Å². The Bertz CT molecular complexity index is 445. The molecule has 1 aromatic rings. The summed E-state index contributed by atoms with van der Waals surface area (Å²) in [7, 11) is 0. The van der Waals surface area contributed by atoms with E-state index in [0.717, 1.165) is 30.0 Å². The van der Waals surface area contributed by atoms with Gasteiger partial charge in [-0.25, -0.2) is 0 Å². The van der Waals surface area contributed by atoms with Crippen LogP contribution in [0.25, 0.3) is 0 Å². The summed E-state index contributed by atoms with van der Waals surface area (Å²) in [4.78, 5) is 14.1. The number of benzene rings is 1. The normalized spacial score (nSPS) is 10.2. The van der Waals surface area contributed by atoms with E-state index in [0.29, 0.717) is 10.7 Å². The second kappa shape index (κ2) is 8.17. The van der Waals surface area contributed by atoms with Crippen molar-refractivity contribution in [1.82, 2.24) is 4.90 Å². The minimum Gasteiger partial charge on any atom is -0.389 e. The summed E-state index contributed by atoms with van der Waals surface area (Å²) in [6.45, 7) is 5.52. The summed E-state index contributed by atoms with van der Waals surface area (Å²) in [6.07, 6.45) is 0. The van der Waals surface area contributed by atoms with Crippen LogP contribution in [0.4, 0.5) is 0 Å². The molecule has 0 atom stereocenters. The molecule has 0 aromatic heterocycles. The zero-order valence-corrected chi connectivity index (χ0v) is 13.0. The summed E-state index contributed by atoms with van der Waals surface area (Å²) in [5.74, 6) is 1.43. The topological polar surface area (TPSA) is 46.3 Å². The molecule has 0 saturated heterocycles. The van der Waals surface area contributed by atoms with Crippen LogP contribution in [0.5, 0.6) is 0 Å². The van der Waals surface area contributed by atoms with E-state index in [1.54, 1.807) is 11.8 Å². The molecule has 0 saturated carbocycles. The standard InChI is InChI=1S/C14H20N2OS2/c1-3-16(4-2)13(17)10-19-9-11-7-5-6-8-12(11)14(15)18/h5-8H,3-4,9-10H2,1-2H3,(H2,15,18). The van der Waals surface area contributed by atoms with Crippen molar-refractivity contribution in [2.75, 3.05) is 18.8 Å². The molecule has 1 aromatic carbocycles. The molecule has 3 nitrogen and oxygen atoms in total. The number of hydrogen-bond acceptors (Lipinski definition) is 3. The lowest BCUT2D eigenvalue weighted by Crippen LogP contribution is -2.31. The molecule has 0 aliphatic carbocycles. The zero-order valence-electron chi connectivity index (χ0n) is 11.4. The molecule has 1 amide bonds. The monoisotopic (exact) mass is 296 g/mol. The van der Waals surface area contributed by atoms with Gasteiger partial charge >= 0.3 is 0 Å². The first kappa shape index (κ1) is 16.0. The Morgan fingerprint density at radius 2 is 1.95 bits per heavy atom. The molecule has 0 aliphatic heterocycles. The third-order valence-electron chi connectivity index (χ3n) is 2.88. The smallest absolute Gasteiger partial charge is 0.232 e. The van der Waals surface area contributed by atoms with Crippen LogP contribution >= 0.6 is 24.0 Å². The van der Waals surface area contributed by atoms with E-state index in [4.69, 9.17) is 18.0 Å². The van der Waals surface area contributed by atoms with E-state index in [1.807, 2.05) is 43.0 Å². The maximum Gasteiger partial charge on any atom is 0.232 e. The van der Waals surface area contributed by atoms with Gasteiger partial charge in [0.25, 0.3) is 0 Å². The number of rotatable bonds is 7. The fourth-order valence-corrected chi connectivity index (χ4v) is 2.93. The van der Waals surface area contributed by atoms with Crippen molar-refractivity contribution in [3.8, 4) is 0 Å². The molecule has 0 heterocycles. The SMILES string of the molecule is CCN(CC)C(=O)CSCc1ccccc1C(N)=S. The number of thioether (sulfide) groups is 1. The summed E-state index contributed by atoms with van der Waals surface area (Å²) in [5.41, 5.74) is 7.68. The Balaban J connectivity index is 2.54. The molecule has 0 unspecified atom stereocenters. The molecule has 104 valence electrons. The lowest BCUT2D eigenvalue weighted by Gasteiger charge is -2.18. The molecule has 0 fully saturated rings. The van der Waals surface area contributed by atoms with Crippen molar-refractivity contribution in [2.45, 2.75) is 19.6 Å². The lowest BCUT2D eigenvalue weighted by molar-refractivity contribution is -0.127. The fraction of sp³-hybridized carbons (Fsp3) is 0.429. The number of carbonyl (C=O) groups is 1. The Hall–Kier alpha value is -1.07. The van der Waals surface area contributed by atoms with Gasteiger partial charge in [0, 0.05) is 24.4 Å². The maximum absolute atomic E-state index is 11.9. The van der Waals surface area contributed by atoms with Crippen molar-refractivity contribution in [3.63, 3.8) is 0 Å². The number of nitrogens with two attached hydrogens (primary N) is 1. The van der Waals surface area contributed by atoms with Gasteiger partial charge in [0.1, 0.15) is 4.99 Å². The lowest BCUT2D eigenvalue weighted by atomic mass is 10.1. The van der Waals surface area contributed by atoms with Gasteiger partial charge in [-0.3, -0.25) is 4.79 Å². The Morgan fingerprint density at radius 3 is 2.53 bits per heavy atom. The first-order valence-electron chi connectivity index (χ1n) is 6.33. The molecule has 0 bridgehead atoms. The fourth-order valence-electron chi connectivity index (χ4n) is 1.80. The van der Waals surface area contributed by atoms with Gasteiger partial charge in [-0.1, -0.05) is 36.5 Å². The Labute approximate surface area is 124 Å². The first-order chi connectivity index (χ1) is 9.10. The zero-order chi connectivity index (χ0) is 14.3. The predicted octanol–water partition coefficient (Wildman–Crippen LogP) is 2.42. The van der Waals surface area contributed by atoms with E-state index < -0.39 is 0 Å². The van der Waals surface area contributed by atoms with Crippen LogP contribution in [-0.4, -0.2) is 34.6 Å². The van der Waals surface area contributed by atoms with Gasteiger partial charge in [-0.05, 0) is 19.4 Å². The van der Waals surface area contributed by atoms with Crippen LogP contribution < -0.4 is 5.73 Å². The molecule has 0 radical (unpaired) electrons. The molecular formula is C14H20N2OS2. The third-order valence-corrected chi connectivity index (χ3v) is 4.07. The molecule has 0 spiro atoms. The second-order valence-corrected chi connectivity index (χ2v) is 5.51. The molecule has 19 heavy (non-hydrogen) atoms. The van der Waals surface area contributed by atoms with E-state index in [-0.39, 0.29) is 5.91 Å². The number of hydrogen-bond donors (Lipinski definition) is 1. The second-order valence-electron chi connectivity index (χ2n) is 4.08. The summed E-state index contributed by atoms with van der Waals surface area (Å²) >= 11 is 6.62. The van der Waals surface area contributed by atoms with Crippen molar-refractivity contribution < 1.29 is 4.79 Å². The van der Waals surface area contributed by atoms with Gasteiger partial charge in [-0.15, -0.1) is 11.8 Å². The highest BCUT2D eigenvalue weighted by molar-refractivity contribution is 7.99. The number of thiocarbonyl (C=S) groups is 1. The minimum absolute atomic E-state index is 0.183. The highest BCUT2D eigenvalue weighted by Crippen LogP contribution is 2.17. The first-order valence-corrected chi connectivity index (χ1v) is 7.89. The van der Waals surface area contributed by atoms with Gasteiger partial charge < -0.3 is 10.6 Å². The van der Waals surface area contributed by atoms with Crippen molar-refractivity contribution >= 4 is 34.9 Å². The molecular weight excluding hydrogens is 276 g/mol. The Morgan fingerprint density at radius 1 is 1.32 bits per heavy atom. The average Bonchev–Trinajstić information content (AvgIpc) is 2.40. The highest BCUT2D eigenvalue weighted by atomic mass is 32.2. The Kier molecular flexibility index (Phi) is 6.87. The minimum atomic E-state index is 0.183. The van der Waals surface area contributed by atoms with E-state index in [9.17, 15) is 4.79 Å². The molecule has 1 rings (SSSR count). The third kappa shape index (κ3) is 4.84. The largest absolute Gasteiger partial charge is 0.389 e. The van der Waals surface area contributed by atoms with Gasteiger partial charge in [0.05, 0.1) is 5.75 Å².